The van der Waals surface area contributed by atoms with Crippen LogP contribution in [0.3, 0.4) is 0 Å². The highest BCUT2D eigenvalue weighted by molar-refractivity contribution is 5.95. The highest BCUT2D eigenvalue weighted by atomic mass is 16.5. The summed E-state index contributed by atoms with van der Waals surface area (Å²) in [4.78, 5) is 12.5. The fourth-order valence-corrected chi connectivity index (χ4v) is 2.33. The quantitative estimate of drug-likeness (QED) is 0.860. The van der Waals surface area contributed by atoms with Crippen LogP contribution in [-0.2, 0) is 11.2 Å². The second-order valence-corrected chi connectivity index (χ2v) is 5.28. The minimum Gasteiger partial charge on any atom is -0.480 e. The Kier molecular flexibility index (Phi) is 5.59. The van der Waals surface area contributed by atoms with Crippen LogP contribution in [0, 0.1) is 6.92 Å². The average Bonchev–Trinajstić information content (AvgIpc) is 2.54. The van der Waals surface area contributed by atoms with Gasteiger partial charge in [0.1, 0.15) is 5.75 Å². The van der Waals surface area contributed by atoms with Crippen molar-refractivity contribution in [2.24, 2.45) is 0 Å². The van der Waals surface area contributed by atoms with Gasteiger partial charge in [0, 0.05) is 5.69 Å². The van der Waals surface area contributed by atoms with Gasteiger partial charge in [-0.2, -0.15) is 0 Å². The third kappa shape index (κ3) is 3.88. The predicted molar refractivity (Wildman–Crippen MR) is 90.3 cm³/mol. The van der Waals surface area contributed by atoms with Gasteiger partial charge in [-0.15, -0.1) is 0 Å². The van der Waals surface area contributed by atoms with E-state index >= 15 is 0 Å². The number of para-hydroxylation sites is 2. The zero-order valence-corrected chi connectivity index (χ0v) is 13.4. The molecule has 0 aliphatic carbocycles. The van der Waals surface area contributed by atoms with Crippen LogP contribution in [0.4, 0.5) is 5.69 Å². The fraction of sp³-hybridized carbons (Fsp3) is 0.316. The van der Waals surface area contributed by atoms with Crippen molar-refractivity contribution in [2.45, 2.75) is 39.7 Å². The number of rotatable bonds is 6. The summed E-state index contributed by atoms with van der Waals surface area (Å²) < 4.78 is 5.89. The van der Waals surface area contributed by atoms with E-state index < -0.39 is 6.10 Å². The molecular formula is C19H23NO2. The second kappa shape index (κ2) is 7.64. The van der Waals surface area contributed by atoms with Gasteiger partial charge in [0.2, 0.25) is 0 Å². The monoisotopic (exact) mass is 297 g/mol. The molecule has 0 unspecified atom stereocenters. The predicted octanol–water partition coefficient (Wildman–Crippen LogP) is 4.35. The summed E-state index contributed by atoms with van der Waals surface area (Å²) in [5.41, 5.74) is 3.02. The Labute approximate surface area is 132 Å². The van der Waals surface area contributed by atoms with Gasteiger partial charge < -0.3 is 10.1 Å². The molecule has 1 N–H and O–H groups in total. The summed E-state index contributed by atoms with van der Waals surface area (Å²) in [7, 11) is 0. The van der Waals surface area contributed by atoms with Crippen LogP contribution < -0.4 is 10.1 Å². The Bertz CT molecular complexity index is 637. The summed E-state index contributed by atoms with van der Waals surface area (Å²) in [5.74, 6) is 0.653. The molecule has 0 bridgehead atoms. The van der Waals surface area contributed by atoms with Gasteiger partial charge in [-0.3, -0.25) is 4.79 Å². The molecule has 22 heavy (non-hydrogen) atoms. The Hall–Kier alpha value is -2.29. The summed E-state index contributed by atoms with van der Waals surface area (Å²) in [6.45, 7) is 6.01. The van der Waals surface area contributed by atoms with E-state index in [1.165, 1.54) is 0 Å². The molecule has 2 aromatic carbocycles. The Morgan fingerprint density at radius 2 is 1.77 bits per heavy atom. The van der Waals surface area contributed by atoms with Crippen molar-refractivity contribution in [1.82, 2.24) is 0 Å². The maximum Gasteiger partial charge on any atom is 0.265 e. The Morgan fingerprint density at radius 3 is 2.45 bits per heavy atom. The number of nitrogens with one attached hydrogen (secondary N) is 1. The lowest BCUT2D eigenvalue weighted by molar-refractivity contribution is -0.122. The molecule has 3 nitrogen and oxygen atoms in total. The molecule has 2 aromatic rings. The maximum atomic E-state index is 12.5. The van der Waals surface area contributed by atoms with E-state index in [1.807, 2.05) is 62.4 Å². The highest BCUT2D eigenvalue weighted by Gasteiger charge is 2.19. The van der Waals surface area contributed by atoms with E-state index in [9.17, 15) is 4.79 Å². The minimum absolute atomic E-state index is 0.105. The molecule has 0 aliphatic rings. The molecule has 0 saturated heterocycles. The van der Waals surface area contributed by atoms with Gasteiger partial charge in [0.05, 0.1) is 0 Å². The molecule has 0 aliphatic heterocycles. The number of carbonyl (C=O) groups is 1. The molecule has 1 atom stereocenters. The van der Waals surface area contributed by atoms with Gasteiger partial charge in [-0.05, 0) is 43.0 Å². The molecule has 0 saturated carbocycles. The highest BCUT2D eigenvalue weighted by Crippen LogP contribution is 2.20. The van der Waals surface area contributed by atoms with Crippen LogP contribution >= 0.6 is 0 Å². The molecular weight excluding hydrogens is 274 g/mol. The number of hydrogen-bond donors (Lipinski definition) is 1. The average molecular weight is 297 g/mol. The number of benzene rings is 2. The van der Waals surface area contributed by atoms with Crippen molar-refractivity contribution in [3.8, 4) is 5.75 Å². The topological polar surface area (TPSA) is 38.3 Å². The van der Waals surface area contributed by atoms with Crippen LogP contribution in [0.25, 0.3) is 0 Å². The molecule has 2 rings (SSSR count). The third-order valence-electron chi connectivity index (χ3n) is 3.68. The molecule has 3 heteroatoms. The van der Waals surface area contributed by atoms with Gasteiger partial charge in [-0.1, -0.05) is 50.2 Å². The van der Waals surface area contributed by atoms with Gasteiger partial charge in [-0.25, -0.2) is 0 Å². The number of ether oxygens (including phenoxy) is 1. The lowest BCUT2D eigenvalue weighted by atomic mass is 10.1. The lowest BCUT2D eigenvalue weighted by Gasteiger charge is -2.19. The summed E-state index contributed by atoms with van der Waals surface area (Å²) in [6, 6.07) is 15.6. The molecule has 0 radical (unpaired) electrons. The Morgan fingerprint density at radius 1 is 1.09 bits per heavy atom. The van der Waals surface area contributed by atoms with Crippen molar-refractivity contribution in [1.29, 1.82) is 0 Å². The van der Waals surface area contributed by atoms with E-state index in [4.69, 9.17) is 4.74 Å². The van der Waals surface area contributed by atoms with Crippen LogP contribution in [0.15, 0.2) is 48.5 Å². The number of amides is 1. The normalized spacial score (nSPS) is 11.8. The first-order valence-electron chi connectivity index (χ1n) is 7.76. The molecule has 116 valence electrons. The zero-order chi connectivity index (χ0) is 15.9. The van der Waals surface area contributed by atoms with Gasteiger partial charge in [0.15, 0.2) is 6.10 Å². The van der Waals surface area contributed by atoms with Crippen LogP contribution in [0.2, 0.25) is 0 Å². The van der Waals surface area contributed by atoms with Crippen molar-refractivity contribution < 1.29 is 9.53 Å². The summed E-state index contributed by atoms with van der Waals surface area (Å²) in [5, 5.41) is 2.99. The van der Waals surface area contributed by atoms with Crippen LogP contribution in [0.1, 0.15) is 31.4 Å². The van der Waals surface area contributed by atoms with Crippen molar-refractivity contribution >= 4 is 11.6 Å². The largest absolute Gasteiger partial charge is 0.480 e. The van der Waals surface area contributed by atoms with E-state index in [0.29, 0.717) is 6.42 Å². The number of aryl methyl sites for hydroxylation is 2. The first-order valence-corrected chi connectivity index (χ1v) is 7.76. The summed E-state index contributed by atoms with van der Waals surface area (Å²) >= 11 is 0. The second-order valence-electron chi connectivity index (χ2n) is 5.28. The number of carbonyl (C=O) groups excluding carboxylic acids is 1. The van der Waals surface area contributed by atoms with Crippen LogP contribution in [0.5, 0.6) is 5.75 Å². The molecule has 1 amide bonds. The fourth-order valence-electron chi connectivity index (χ4n) is 2.33. The van der Waals surface area contributed by atoms with E-state index in [2.05, 4.69) is 12.2 Å². The van der Waals surface area contributed by atoms with E-state index in [1.54, 1.807) is 0 Å². The van der Waals surface area contributed by atoms with E-state index in [-0.39, 0.29) is 5.91 Å². The molecule has 0 fully saturated rings. The Balaban J connectivity index is 2.11. The van der Waals surface area contributed by atoms with Crippen molar-refractivity contribution in [2.75, 3.05) is 5.32 Å². The standard InChI is InChI=1S/C19H23NO2/c1-4-15-11-7-8-12-16(15)20-19(21)17(5-2)22-18-13-9-6-10-14(18)3/h6-13,17H,4-5H2,1-3H3,(H,20,21)/t17-/m0/s1. The zero-order valence-electron chi connectivity index (χ0n) is 13.4. The molecule has 0 spiro atoms. The lowest BCUT2D eigenvalue weighted by Crippen LogP contribution is -2.32. The van der Waals surface area contributed by atoms with Crippen LogP contribution in [-0.4, -0.2) is 12.0 Å². The third-order valence-corrected chi connectivity index (χ3v) is 3.68. The molecule has 0 heterocycles. The smallest absolute Gasteiger partial charge is 0.265 e. The SMILES string of the molecule is CCc1ccccc1NC(=O)[C@H](CC)Oc1ccccc1C. The van der Waals surface area contributed by atoms with Crippen molar-refractivity contribution in [3.63, 3.8) is 0 Å². The van der Waals surface area contributed by atoms with Gasteiger partial charge in [0.25, 0.3) is 5.91 Å². The first kappa shape index (κ1) is 16.1. The number of anilines is 1. The minimum atomic E-state index is -0.494. The molecule has 0 aromatic heterocycles. The first-order chi connectivity index (χ1) is 10.7. The van der Waals surface area contributed by atoms with Crippen molar-refractivity contribution in [3.05, 3.63) is 59.7 Å². The maximum absolute atomic E-state index is 12.5. The summed E-state index contributed by atoms with van der Waals surface area (Å²) in [6.07, 6.45) is 1.01. The number of hydrogen-bond acceptors (Lipinski definition) is 2. The van der Waals surface area contributed by atoms with Gasteiger partial charge >= 0.3 is 0 Å². The van der Waals surface area contributed by atoms with E-state index in [0.717, 1.165) is 29.0 Å².